The van der Waals surface area contributed by atoms with Crippen LogP contribution in [0.2, 0.25) is 0 Å². The first kappa shape index (κ1) is 13.8. The highest BCUT2D eigenvalue weighted by Gasteiger charge is 2.33. The minimum absolute atomic E-state index is 0.179. The molecule has 98 valence electrons. The Balaban J connectivity index is 2.64. The maximum Gasteiger partial charge on any atom is 0.410 e. The van der Waals surface area contributed by atoms with E-state index < -0.39 is 29.6 Å². The van der Waals surface area contributed by atoms with Crippen molar-refractivity contribution < 1.29 is 19.4 Å². The Kier molecular flexibility index (Phi) is 3.98. The number of carbonyl (C=O) groups is 2. The van der Waals surface area contributed by atoms with E-state index in [1.807, 2.05) is 0 Å². The molecule has 2 atom stereocenters. The van der Waals surface area contributed by atoms with Gasteiger partial charge in [0.1, 0.15) is 5.60 Å². The largest absolute Gasteiger partial charge is 0.444 e. The molecule has 0 aromatic rings. The highest BCUT2D eigenvalue weighted by Crippen LogP contribution is 2.19. The molecule has 1 heterocycles. The van der Waals surface area contributed by atoms with Gasteiger partial charge in [-0.1, -0.05) is 0 Å². The number of amides is 2. The fourth-order valence-electron chi connectivity index (χ4n) is 1.75. The van der Waals surface area contributed by atoms with Crippen molar-refractivity contribution in [3.8, 4) is 0 Å². The van der Waals surface area contributed by atoms with E-state index in [4.69, 9.17) is 10.5 Å². The quantitative estimate of drug-likeness (QED) is 0.683. The van der Waals surface area contributed by atoms with Crippen LogP contribution in [0.1, 0.15) is 27.2 Å². The van der Waals surface area contributed by atoms with Crippen molar-refractivity contribution in [1.82, 2.24) is 4.90 Å². The monoisotopic (exact) mass is 244 g/mol. The van der Waals surface area contributed by atoms with Gasteiger partial charge in [-0.2, -0.15) is 0 Å². The predicted molar refractivity (Wildman–Crippen MR) is 61.1 cm³/mol. The number of aliphatic hydroxyl groups excluding tert-OH is 1. The molecule has 0 aromatic heterocycles. The molecular formula is C11H20N2O4. The van der Waals surface area contributed by atoms with Crippen molar-refractivity contribution >= 4 is 12.0 Å². The first-order chi connectivity index (χ1) is 7.69. The van der Waals surface area contributed by atoms with Gasteiger partial charge < -0.3 is 20.5 Å². The molecule has 2 amide bonds. The van der Waals surface area contributed by atoms with Crippen molar-refractivity contribution in [2.24, 2.45) is 11.7 Å². The number of hydrogen-bond donors (Lipinski definition) is 2. The molecule has 1 fully saturated rings. The lowest BCUT2D eigenvalue weighted by Crippen LogP contribution is -2.50. The Hall–Kier alpha value is -1.30. The first-order valence-corrected chi connectivity index (χ1v) is 5.64. The molecule has 3 N–H and O–H groups in total. The highest BCUT2D eigenvalue weighted by molar-refractivity contribution is 5.78. The average Bonchev–Trinajstić information content (AvgIpc) is 2.13. The number of carbonyl (C=O) groups excluding carboxylic acids is 2. The van der Waals surface area contributed by atoms with Gasteiger partial charge in [0.2, 0.25) is 5.91 Å². The normalized spacial score (nSPS) is 25.5. The number of aliphatic hydroxyl groups is 1. The molecule has 0 aromatic carbocycles. The van der Waals surface area contributed by atoms with Crippen molar-refractivity contribution in [1.29, 1.82) is 0 Å². The Labute approximate surface area is 101 Å². The second-order valence-corrected chi connectivity index (χ2v) is 5.37. The molecule has 0 aliphatic carbocycles. The zero-order chi connectivity index (χ0) is 13.2. The number of nitrogens with zero attached hydrogens (tertiary/aromatic N) is 1. The van der Waals surface area contributed by atoms with Crippen molar-refractivity contribution in [3.63, 3.8) is 0 Å². The molecule has 0 radical (unpaired) electrons. The second kappa shape index (κ2) is 4.91. The molecule has 6 nitrogen and oxygen atoms in total. The van der Waals surface area contributed by atoms with E-state index in [1.54, 1.807) is 20.8 Å². The van der Waals surface area contributed by atoms with E-state index in [0.29, 0.717) is 6.42 Å². The molecule has 1 aliphatic rings. The van der Waals surface area contributed by atoms with Crippen LogP contribution in [0.3, 0.4) is 0 Å². The smallest absolute Gasteiger partial charge is 0.410 e. The zero-order valence-electron chi connectivity index (χ0n) is 10.5. The van der Waals surface area contributed by atoms with E-state index in [9.17, 15) is 14.7 Å². The predicted octanol–water partition coefficient (Wildman–Crippen LogP) is 0.0896. The standard InChI is InChI=1S/C11H20N2O4/c1-11(2,3)17-10(16)13-5-7(9(12)15)4-8(14)6-13/h7-8,14H,4-6H2,1-3H3,(H2,12,15)/t7-,8-/m1/s1. The van der Waals surface area contributed by atoms with Gasteiger partial charge in [0.15, 0.2) is 0 Å². The van der Waals surface area contributed by atoms with Gasteiger partial charge >= 0.3 is 6.09 Å². The molecule has 0 bridgehead atoms. The van der Waals surface area contributed by atoms with Gasteiger partial charge in [-0.15, -0.1) is 0 Å². The summed E-state index contributed by atoms with van der Waals surface area (Å²) in [6, 6.07) is 0. The fourth-order valence-corrected chi connectivity index (χ4v) is 1.75. The first-order valence-electron chi connectivity index (χ1n) is 5.64. The summed E-state index contributed by atoms with van der Waals surface area (Å²) >= 11 is 0. The SMILES string of the molecule is CC(C)(C)OC(=O)N1C[C@H](O)C[C@@H](C(N)=O)C1. The van der Waals surface area contributed by atoms with Crippen LogP contribution >= 0.6 is 0 Å². The summed E-state index contributed by atoms with van der Waals surface area (Å²) in [5.74, 6) is -1.01. The topological polar surface area (TPSA) is 92.9 Å². The fraction of sp³-hybridized carbons (Fsp3) is 0.818. The lowest BCUT2D eigenvalue weighted by Gasteiger charge is -2.35. The summed E-state index contributed by atoms with van der Waals surface area (Å²) in [6.45, 7) is 5.67. The summed E-state index contributed by atoms with van der Waals surface area (Å²) in [5.41, 5.74) is 4.59. The number of ether oxygens (including phenoxy) is 1. The average molecular weight is 244 g/mol. The van der Waals surface area contributed by atoms with Crippen LogP contribution in [-0.4, -0.2) is 46.8 Å². The van der Waals surface area contributed by atoms with Crippen LogP contribution in [0.5, 0.6) is 0 Å². The van der Waals surface area contributed by atoms with Crippen LogP contribution < -0.4 is 5.73 Å². The maximum absolute atomic E-state index is 11.8. The number of β-amino-alcohol motifs (C(OH)–C–C–N with tert-alkyl or cyclic N) is 1. The zero-order valence-corrected chi connectivity index (χ0v) is 10.5. The molecule has 1 saturated heterocycles. The number of nitrogens with two attached hydrogens (primary N) is 1. The Morgan fingerprint density at radius 1 is 1.35 bits per heavy atom. The molecule has 0 unspecified atom stereocenters. The van der Waals surface area contributed by atoms with Gasteiger partial charge in [0, 0.05) is 13.1 Å². The number of primary amides is 1. The van der Waals surface area contributed by atoms with Crippen molar-refractivity contribution in [3.05, 3.63) is 0 Å². The van der Waals surface area contributed by atoms with E-state index in [2.05, 4.69) is 0 Å². The summed E-state index contributed by atoms with van der Waals surface area (Å²) in [6.07, 6.45) is -0.953. The van der Waals surface area contributed by atoms with Crippen LogP contribution in [0.25, 0.3) is 0 Å². The molecule has 6 heteroatoms. The molecule has 17 heavy (non-hydrogen) atoms. The van der Waals surface area contributed by atoms with E-state index in [1.165, 1.54) is 4.90 Å². The molecular weight excluding hydrogens is 224 g/mol. The molecule has 0 spiro atoms. The van der Waals surface area contributed by atoms with Crippen LogP contribution in [0, 0.1) is 5.92 Å². The minimum Gasteiger partial charge on any atom is -0.444 e. The van der Waals surface area contributed by atoms with Crippen molar-refractivity contribution in [2.45, 2.75) is 38.9 Å². The summed E-state index contributed by atoms with van der Waals surface area (Å²) in [4.78, 5) is 24.2. The molecule has 1 aliphatic heterocycles. The van der Waals surface area contributed by atoms with Crippen molar-refractivity contribution in [2.75, 3.05) is 13.1 Å². The third kappa shape index (κ3) is 4.22. The number of piperidine rings is 1. The van der Waals surface area contributed by atoms with Gasteiger partial charge in [0.05, 0.1) is 12.0 Å². The van der Waals surface area contributed by atoms with E-state index >= 15 is 0 Å². The van der Waals surface area contributed by atoms with Crippen LogP contribution in [0.4, 0.5) is 4.79 Å². The number of hydrogen-bond acceptors (Lipinski definition) is 4. The molecule has 0 saturated carbocycles. The highest BCUT2D eigenvalue weighted by atomic mass is 16.6. The van der Waals surface area contributed by atoms with Crippen LogP contribution in [0.15, 0.2) is 0 Å². The van der Waals surface area contributed by atoms with Gasteiger partial charge in [-0.3, -0.25) is 4.79 Å². The number of likely N-dealkylation sites (tertiary alicyclic amines) is 1. The summed E-state index contributed by atoms with van der Waals surface area (Å²) in [5, 5.41) is 9.59. The molecule has 1 rings (SSSR count). The summed E-state index contributed by atoms with van der Waals surface area (Å²) in [7, 11) is 0. The van der Waals surface area contributed by atoms with E-state index in [-0.39, 0.29) is 13.1 Å². The lowest BCUT2D eigenvalue weighted by molar-refractivity contribution is -0.125. The lowest BCUT2D eigenvalue weighted by atomic mass is 9.96. The van der Waals surface area contributed by atoms with Gasteiger partial charge in [-0.25, -0.2) is 4.79 Å². The third-order valence-corrected chi connectivity index (χ3v) is 2.48. The Morgan fingerprint density at radius 2 is 1.94 bits per heavy atom. The minimum atomic E-state index is -0.728. The summed E-state index contributed by atoms with van der Waals surface area (Å²) < 4.78 is 5.18. The Morgan fingerprint density at radius 3 is 2.41 bits per heavy atom. The third-order valence-electron chi connectivity index (χ3n) is 2.48. The number of rotatable bonds is 1. The van der Waals surface area contributed by atoms with Gasteiger partial charge in [-0.05, 0) is 27.2 Å². The van der Waals surface area contributed by atoms with Crippen LogP contribution in [-0.2, 0) is 9.53 Å². The second-order valence-electron chi connectivity index (χ2n) is 5.37. The maximum atomic E-state index is 11.8. The van der Waals surface area contributed by atoms with Gasteiger partial charge in [0.25, 0.3) is 0 Å². The Bertz CT molecular complexity index is 311. The van der Waals surface area contributed by atoms with E-state index in [0.717, 1.165) is 0 Å².